The fraction of sp³-hybridized carbons (Fsp3) is 0.588. The molecule has 0 bridgehead atoms. The Labute approximate surface area is 115 Å². The van der Waals surface area contributed by atoms with Gasteiger partial charge in [0.1, 0.15) is 0 Å². The van der Waals surface area contributed by atoms with Crippen LogP contribution in [0, 0.1) is 0 Å². The van der Waals surface area contributed by atoms with Crippen molar-refractivity contribution in [1.29, 1.82) is 0 Å². The monoisotopic (exact) mass is 257 g/mol. The first kappa shape index (κ1) is 12.9. The summed E-state index contributed by atoms with van der Waals surface area (Å²) in [5.74, 6) is 0.979. The van der Waals surface area contributed by atoms with Gasteiger partial charge >= 0.3 is 0 Å². The van der Waals surface area contributed by atoms with Gasteiger partial charge in [-0.25, -0.2) is 0 Å². The van der Waals surface area contributed by atoms with Gasteiger partial charge in [0.25, 0.3) is 0 Å². The van der Waals surface area contributed by atoms with Crippen LogP contribution in [-0.2, 0) is 0 Å². The lowest BCUT2D eigenvalue weighted by atomic mass is 9.80. The molecule has 1 aromatic rings. The van der Waals surface area contributed by atoms with Crippen LogP contribution in [0.3, 0.4) is 0 Å². The molecule has 2 aliphatic rings. The van der Waals surface area contributed by atoms with Crippen LogP contribution < -0.4 is 5.32 Å². The molecule has 19 heavy (non-hydrogen) atoms. The molecule has 2 saturated carbocycles. The van der Waals surface area contributed by atoms with Gasteiger partial charge in [0.05, 0.1) is 6.54 Å². The van der Waals surface area contributed by atoms with Crippen molar-refractivity contribution in [3.05, 3.63) is 35.4 Å². The van der Waals surface area contributed by atoms with E-state index in [-0.39, 0.29) is 5.78 Å². The molecule has 0 saturated heterocycles. The average molecular weight is 257 g/mol. The molecule has 3 rings (SSSR count). The molecular weight excluding hydrogens is 234 g/mol. The highest BCUT2D eigenvalue weighted by molar-refractivity contribution is 5.97. The summed E-state index contributed by atoms with van der Waals surface area (Å²) in [5, 5.41) is 3.39. The van der Waals surface area contributed by atoms with Gasteiger partial charge in [0.2, 0.25) is 0 Å². The maximum absolute atomic E-state index is 12.1. The Bertz CT molecular complexity index is 427. The van der Waals surface area contributed by atoms with Crippen LogP contribution in [0.1, 0.15) is 66.8 Å². The number of hydrogen-bond acceptors (Lipinski definition) is 2. The third kappa shape index (κ3) is 3.06. The molecule has 1 aromatic carbocycles. The highest BCUT2D eigenvalue weighted by Crippen LogP contribution is 2.36. The number of Topliss-reactive ketones (excluding diaryl/α,β-unsaturated/α-hetero) is 1. The van der Waals surface area contributed by atoms with Gasteiger partial charge in [0, 0.05) is 11.6 Å². The van der Waals surface area contributed by atoms with Crippen LogP contribution in [0.2, 0.25) is 0 Å². The van der Waals surface area contributed by atoms with Crippen LogP contribution in [-0.4, -0.2) is 18.4 Å². The van der Waals surface area contributed by atoms with Gasteiger partial charge in [-0.3, -0.25) is 4.79 Å². The molecule has 2 aliphatic carbocycles. The number of nitrogens with one attached hydrogen (secondary N) is 1. The largest absolute Gasteiger partial charge is 0.307 e. The van der Waals surface area contributed by atoms with E-state index in [1.54, 1.807) is 0 Å². The maximum Gasteiger partial charge on any atom is 0.176 e. The van der Waals surface area contributed by atoms with Gasteiger partial charge in [-0.05, 0) is 37.2 Å². The molecule has 0 amide bonds. The predicted octanol–water partition coefficient (Wildman–Crippen LogP) is 3.67. The van der Waals surface area contributed by atoms with Crippen molar-refractivity contribution in [2.75, 3.05) is 6.54 Å². The van der Waals surface area contributed by atoms with Crippen molar-refractivity contribution in [2.24, 2.45) is 0 Å². The normalized spacial score (nSPS) is 20.4. The van der Waals surface area contributed by atoms with Crippen LogP contribution in [0.25, 0.3) is 0 Å². The first-order chi connectivity index (χ1) is 9.33. The molecule has 0 atom stereocenters. The summed E-state index contributed by atoms with van der Waals surface area (Å²) in [6.45, 7) is 0.493. The van der Waals surface area contributed by atoms with E-state index in [9.17, 15) is 4.79 Å². The lowest BCUT2D eigenvalue weighted by Crippen LogP contribution is -2.31. The summed E-state index contributed by atoms with van der Waals surface area (Å²) in [6, 6.07) is 8.87. The third-order valence-electron chi connectivity index (χ3n) is 4.72. The fourth-order valence-corrected chi connectivity index (χ4v) is 3.15. The Morgan fingerprint density at radius 1 is 1.00 bits per heavy atom. The maximum atomic E-state index is 12.1. The van der Waals surface area contributed by atoms with E-state index in [0.717, 1.165) is 11.5 Å². The summed E-state index contributed by atoms with van der Waals surface area (Å²) in [6.07, 6.45) is 9.06. The molecule has 1 N–H and O–H groups in total. The Morgan fingerprint density at radius 2 is 1.68 bits per heavy atom. The van der Waals surface area contributed by atoms with Crippen molar-refractivity contribution in [1.82, 2.24) is 5.32 Å². The smallest absolute Gasteiger partial charge is 0.176 e. The van der Waals surface area contributed by atoms with Gasteiger partial charge in [-0.15, -0.1) is 0 Å². The summed E-state index contributed by atoms with van der Waals surface area (Å²) < 4.78 is 0. The minimum Gasteiger partial charge on any atom is -0.307 e. The molecule has 2 nitrogen and oxygen atoms in total. The zero-order valence-corrected chi connectivity index (χ0v) is 11.5. The van der Waals surface area contributed by atoms with Crippen molar-refractivity contribution < 1.29 is 4.79 Å². The molecule has 2 heteroatoms. The highest BCUT2D eigenvalue weighted by atomic mass is 16.1. The zero-order chi connectivity index (χ0) is 13.1. The Kier molecular flexibility index (Phi) is 3.97. The number of hydrogen-bond donors (Lipinski definition) is 1. The number of benzene rings is 1. The van der Waals surface area contributed by atoms with Crippen LogP contribution in [0.15, 0.2) is 24.3 Å². The lowest BCUT2D eigenvalue weighted by molar-refractivity contribution is 0.0987. The van der Waals surface area contributed by atoms with E-state index in [4.69, 9.17) is 0 Å². The van der Waals surface area contributed by atoms with Crippen LogP contribution >= 0.6 is 0 Å². The zero-order valence-electron chi connectivity index (χ0n) is 11.5. The molecule has 2 fully saturated rings. The fourth-order valence-electron chi connectivity index (χ4n) is 3.15. The topological polar surface area (TPSA) is 29.1 Å². The first-order valence-corrected chi connectivity index (χ1v) is 7.69. The molecule has 0 radical (unpaired) electrons. The minimum absolute atomic E-state index is 0.229. The quantitative estimate of drug-likeness (QED) is 0.815. The SMILES string of the molecule is O=C(CNC1CCCC1)c1ccc(C2CCC2)cc1. The van der Waals surface area contributed by atoms with E-state index in [2.05, 4.69) is 17.4 Å². The first-order valence-electron chi connectivity index (χ1n) is 7.69. The Balaban J connectivity index is 1.53. The molecule has 0 aromatic heterocycles. The third-order valence-corrected chi connectivity index (χ3v) is 4.72. The molecule has 0 unspecified atom stereocenters. The van der Waals surface area contributed by atoms with E-state index in [0.29, 0.717) is 12.6 Å². The van der Waals surface area contributed by atoms with Gasteiger partial charge < -0.3 is 5.32 Å². The van der Waals surface area contributed by atoms with Gasteiger partial charge in [-0.1, -0.05) is 43.5 Å². The van der Waals surface area contributed by atoms with Gasteiger partial charge in [0.15, 0.2) is 5.78 Å². The lowest BCUT2D eigenvalue weighted by Gasteiger charge is -2.25. The molecule has 102 valence electrons. The second kappa shape index (κ2) is 5.87. The van der Waals surface area contributed by atoms with Crippen molar-refractivity contribution in [3.63, 3.8) is 0 Å². The van der Waals surface area contributed by atoms with Crippen LogP contribution in [0.5, 0.6) is 0 Å². The molecule has 0 heterocycles. The van der Waals surface area contributed by atoms with Crippen LogP contribution in [0.4, 0.5) is 0 Å². The average Bonchev–Trinajstić information content (AvgIpc) is 2.88. The summed E-state index contributed by atoms with van der Waals surface area (Å²) in [7, 11) is 0. The van der Waals surface area contributed by atoms with Gasteiger partial charge in [-0.2, -0.15) is 0 Å². The van der Waals surface area contributed by atoms with E-state index in [1.807, 2.05) is 12.1 Å². The summed E-state index contributed by atoms with van der Waals surface area (Å²) in [4.78, 5) is 12.1. The van der Waals surface area contributed by atoms with Crippen molar-refractivity contribution in [3.8, 4) is 0 Å². The number of rotatable bonds is 5. The summed E-state index contributed by atoms with van der Waals surface area (Å²) in [5.41, 5.74) is 2.26. The van der Waals surface area contributed by atoms with Crippen molar-refractivity contribution >= 4 is 5.78 Å². The summed E-state index contributed by atoms with van der Waals surface area (Å²) >= 11 is 0. The number of ketones is 1. The van der Waals surface area contributed by atoms with E-state index >= 15 is 0 Å². The highest BCUT2D eigenvalue weighted by Gasteiger charge is 2.20. The van der Waals surface area contributed by atoms with E-state index in [1.165, 1.54) is 50.5 Å². The second-order valence-electron chi connectivity index (χ2n) is 6.04. The minimum atomic E-state index is 0.229. The number of carbonyl (C=O) groups is 1. The molecule has 0 spiro atoms. The predicted molar refractivity (Wildman–Crippen MR) is 77.6 cm³/mol. The number of carbonyl (C=O) groups excluding carboxylic acids is 1. The molecule has 0 aliphatic heterocycles. The van der Waals surface area contributed by atoms with E-state index < -0.39 is 0 Å². The Hall–Kier alpha value is -1.15. The standard InChI is InChI=1S/C17H23NO/c19-17(12-18-16-6-1-2-7-16)15-10-8-14(9-11-15)13-4-3-5-13/h8-11,13,16,18H,1-7,12H2. The van der Waals surface area contributed by atoms with Crippen molar-refractivity contribution in [2.45, 2.75) is 56.9 Å². The second-order valence-corrected chi connectivity index (χ2v) is 6.04. The molecular formula is C17H23NO. The Morgan fingerprint density at radius 3 is 2.26 bits per heavy atom.